The van der Waals surface area contributed by atoms with Crippen molar-refractivity contribution >= 4 is 29.9 Å². The molecule has 0 saturated carbocycles. The van der Waals surface area contributed by atoms with Crippen molar-refractivity contribution in [2.75, 3.05) is 19.7 Å². The zero-order valence-electron chi connectivity index (χ0n) is 17.3. The molecule has 1 aliphatic heterocycles. The van der Waals surface area contributed by atoms with Crippen LogP contribution in [0, 0.1) is 0 Å². The first-order valence-electron chi connectivity index (χ1n) is 10.1. The van der Waals surface area contributed by atoms with Crippen molar-refractivity contribution in [3.05, 3.63) is 41.8 Å². The lowest BCUT2D eigenvalue weighted by atomic mass is 9.99. The molecular formula is C21H31IN4O3. The summed E-state index contributed by atoms with van der Waals surface area (Å²) in [7, 11) is 0. The number of halogens is 1. The van der Waals surface area contributed by atoms with Crippen LogP contribution in [-0.2, 0) is 6.54 Å². The van der Waals surface area contributed by atoms with Crippen LogP contribution in [0.2, 0.25) is 0 Å². The molecule has 2 aromatic rings. The third-order valence-electron chi connectivity index (χ3n) is 4.78. The van der Waals surface area contributed by atoms with Crippen LogP contribution >= 0.6 is 24.0 Å². The van der Waals surface area contributed by atoms with E-state index >= 15 is 0 Å². The standard InChI is InChI=1S/C21H30N4O3.HI/c1-4-15(5-2)18-11-16(28-25-18)12-23-21(22-6-3)24-13-17-14-26-19-9-7-8-10-20(19)27-17;/h7-11,15,17H,4-6,12-14H2,1-3H3,(H2,22,23,24);1H. The van der Waals surface area contributed by atoms with Crippen molar-refractivity contribution in [2.45, 2.75) is 52.2 Å². The van der Waals surface area contributed by atoms with Crippen molar-refractivity contribution in [3.8, 4) is 11.5 Å². The largest absolute Gasteiger partial charge is 0.486 e. The number of rotatable bonds is 8. The maximum absolute atomic E-state index is 5.98. The summed E-state index contributed by atoms with van der Waals surface area (Å²) >= 11 is 0. The molecule has 1 atom stereocenters. The van der Waals surface area contributed by atoms with Gasteiger partial charge in [0, 0.05) is 18.5 Å². The zero-order chi connectivity index (χ0) is 19.8. The topological polar surface area (TPSA) is 80.9 Å². The fourth-order valence-electron chi connectivity index (χ4n) is 3.18. The molecule has 1 unspecified atom stereocenters. The number of benzene rings is 1. The number of hydrogen-bond donors (Lipinski definition) is 2. The zero-order valence-corrected chi connectivity index (χ0v) is 19.6. The first kappa shape index (κ1) is 23.3. The second-order valence-electron chi connectivity index (χ2n) is 6.81. The molecule has 1 aromatic carbocycles. The lowest BCUT2D eigenvalue weighted by molar-refractivity contribution is 0.0936. The molecule has 2 heterocycles. The molecule has 0 spiro atoms. The number of hydrogen-bond acceptors (Lipinski definition) is 5. The van der Waals surface area contributed by atoms with E-state index in [4.69, 9.17) is 14.0 Å². The van der Waals surface area contributed by atoms with Crippen molar-refractivity contribution in [2.24, 2.45) is 4.99 Å². The average molecular weight is 514 g/mol. The molecule has 3 rings (SSSR count). The first-order valence-corrected chi connectivity index (χ1v) is 10.1. The number of para-hydroxylation sites is 2. The summed E-state index contributed by atoms with van der Waals surface area (Å²) in [6, 6.07) is 9.73. The average Bonchev–Trinajstić information content (AvgIpc) is 3.19. The van der Waals surface area contributed by atoms with E-state index in [-0.39, 0.29) is 30.1 Å². The van der Waals surface area contributed by atoms with Gasteiger partial charge in [-0.2, -0.15) is 0 Å². The highest BCUT2D eigenvalue weighted by atomic mass is 127. The van der Waals surface area contributed by atoms with Crippen LogP contribution in [0.3, 0.4) is 0 Å². The van der Waals surface area contributed by atoms with Gasteiger partial charge in [0.05, 0.1) is 12.2 Å². The van der Waals surface area contributed by atoms with E-state index in [2.05, 4.69) is 34.6 Å². The monoisotopic (exact) mass is 514 g/mol. The van der Waals surface area contributed by atoms with Crippen molar-refractivity contribution in [1.29, 1.82) is 0 Å². The minimum Gasteiger partial charge on any atom is -0.486 e. The van der Waals surface area contributed by atoms with Crippen LogP contribution in [0.5, 0.6) is 11.5 Å². The first-order chi connectivity index (χ1) is 13.7. The normalized spacial score (nSPS) is 15.7. The molecule has 1 aromatic heterocycles. The van der Waals surface area contributed by atoms with Crippen LogP contribution in [0.15, 0.2) is 39.8 Å². The maximum atomic E-state index is 5.98. The molecule has 29 heavy (non-hydrogen) atoms. The summed E-state index contributed by atoms with van der Waals surface area (Å²) in [6.07, 6.45) is 2.04. The fourth-order valence-corrected chi connectivity index (χ4v) is 3.18. The van der Waals surface area contributed by atoms with Crippen molar-refractivity contribution in [3.63, 3.8) is 0 Å². The van der Waals surface area contributed by atoms with Gasteiger partial charge < -0.3 is 24.6 Å². The van der Waals surface area contributed by atoms with Crippen molar-refractivity contribution < 1.29 is 14.0 Å². The van der Waals surface area contributed by atoms with E-state index in [1.807, 2.05) is 37.3 Å². The number of nitrogens with one attached hydrogen (secondary N) is 2. The molecule has 1 aliphatic rings. The van der Waals surface area contributed by atoms with E-state index < -0.39 is 0 Å². The molecule has 2 N–H and O–H groups in total. The van der Waals surface area contributed by atoms with Crippen LogP contribution in [0.25, 0.3) is 0 Å². The van der Waals surface area contributed by atoms with Gasteiger partial charge in [-0.15, -0.1) is 24.0 Å². The Morgan fingerprint density at radius 1 is 1.17 bits per heavy atom. The molecule has 0 saturated heterocycles. The van der Waals surface area contributed by atoms with E-state index in [1.165, 1.54) is 0 Å². The highest BCUT2D eigenvalue weighted by Gasteiger charge is 2.20. The van der Waals surface area contributed by atoms with Crippen LogP contribution in [0.1, 0.15) is 51.0 Å². The summed E-state index contributed by atoms with van der Waals surface area (Å²) in [6.45, 7) is 8.68. The van der Waals surface area contributed by atoms with Crippen LogP contribution < -0.4 is 20.1 Å². The number of nitrogens with zero attached hydrogens (tertiary/aromatic N) is 2. The summed E-state index contributed by atoms with van der Waals surface area (Å²) in [4.78, 5) is 4.60. The summed E-state index contributed by atoms with van der Waals surface area (Å²) < 4.78 is 17.2. The molecule has 8 heteroatoms. The Morgan fingerprint density at radius 3 is 2.66 bits per heavy atom. The van der Waals surface area contributed by atoms with E-state index in [1.54, 1.807) is 0 Å². The number of aromatic nitrogens is 1. The summed E-state index contributed by atoms with van der Waals surface area (Å²) in [5, 5.41) is 10.8. The smallest absolute Gasteiger partial charge is 0.191 e. The number of guanidine groups is 1. The van der Waals surface area contributed by atoms with Gasteiger partial charge in [-0.1, -0.05) is 31.1 Å². The highest BCUT2D eigenvalue weighted by Crippen LogP contribution is 2.30. The molecule has 7 nitrogen and oxygen atoms in total. The third-order valence-corrected chi connectivity index (χ3v) is 4.78. The molecular weight excluding hydrogens is 483 g/mol. The van der Waals surface area contributed by atoms with Gasteiger partial charge in [0.15, 0.2) is 23.2 Å². The molecule has 0 bridgehead atoms. The molecule has 0 aliphatic carbocycles. The Bertz CT molecular complexity index is 777. The minimum atomic E-state index is -0.0782. The summed E-state index contributed by atoms with van der Waals surface area (Å²) in [5.74, 6) is 3.49. The third kappa shape index (κ3) is 6.52. The van der Waals surface area contributed by atoms with Gasteiger partial charge in [0.1, 0.15) is 19.3 Å². The Hall–Kier alpha value is -1.97. The van der Waals surface area contributed by atoms with E-state index in [0.29, 0.717) is 31.6 Å². The quantitative estimate of drug-likeness (QED) is 0.314. The van der Waals surface area contributed by atoms with Gasteiger partial charge in [-0.3, -0.25) is 0 Å². The van der Waals surface area contributed by atoms with E-state index in [9.17, 15) is 0 Å². The van der Waals surface area contributed by atoms with Gasteiger partial charge in [0.25, 0.3) is 0 Å². The number of ether oxygens (including phenoxy) is 2. The number of fused-ring (bicyclic) bond motifs is 1. The van der Waals surface area contributed by atoms with Gasteiger partial charge in [-0.25, -0.2) is 4.99 Å². The molecule has 0 amide bonds. The Labute approximate surface area is 189 Å². The molecule has 160 valence electrons. The Balaban J connectivity index is 0.00000300. The Kier molecular flexibility index (Phi) is 9.56. The van der Waals surface area contributed by atoms with E-state index in [0.717, 1.165) is 42.3 Å². The lowest BCUT2D eigenvalue weighted by Crippen LogP contribution is -2.45. The maximum Gasteiger partial charge on any atom is 0.191 e. The lowest BCUT2D eigenvalue weighted by Gasteiger charge is -2.27. The van der Waals surface area contributed by atoms with Crippen molar-refractivity contribution in [1.82, 2.24) is 15.8 Å². The predicted molar refractivity (Wildman–Crippen MR) is 124 cm³/mol. The SMILES string of the molecule is CCNC(=NCc1cc(C(CC)CC)no1)NCC1COc2ccccc2O1.I. The van der Waals surface area contributed by atoms with Gasteiger partial charge >= 0.3 is 0 Å². The molecule has 0 fully saturated rings. The van der Waals surface area contributed by atoms with Crippen LogP contribution in [-0.4, -0.2) is 36.9 Å². The predicted octanol–water partition coefficient (Wildman–Crippen LogP) is 4.09. The van der Waals surface area contributed by atoms with Gasteiger partial charge in [0.2, 0.25) is 0 Å². The second-order valence-corrected chi connectivity index (χ2v) is 6.81. The summed E-state index contributed by atoms with van der Waals surface area (Å²) in [5.41, 5.74) is 1.01. The number of aliphatic imine (C=N–C) groups is 1. The minimum absolute atomic E-state index is 0. The Morgan fingerprint density at radius 2 is 1.93 bits per heavy atom. The van der Waals surface area contributed by atoms with Crippen LogP contribution in [0.4, 0.5) is 0 Å². The highest BCUT2D eigenvalue weighted by molar-refractivity contribution is 14.0. The van der Waals surface area contributed by atoms with Gasteiger partial charge in [-0.05, 0) is 31.9 Å². The fraction of sp³-hybridized carbons (Fsp3) is 0.524. The second kappa shape index (κ2) is 11.9. The molecule has 0 radical (unpaired) electrons.